The standard InChI is InChI=1S/C17H34O5SSi/c1-16(2,3)20-14-15(22-23(7,18)19)12-10-11-13-21-24(8,9)17(4,5)6/h15H,12-14H2,1-9H3. The first kappa shape index (κ1) is 23.6. The number of hydrogen-bond donors (Lipinski definition) is 0. The monoisotopic (exact) mass is 378 g/mol. The zero-order valence-electron chi connectivity index (χ0n) is 16.6. The van der Waals surface area contributed by atoms with Crippen LogP contribution in [0.1, 0.15) is 48.0 Å². The zero-order chi connectivity index (χ0) is 19.2. The molecule has 0 spiro atoms. The molecule has 0 amide bonds. The van der Waals surface area contributed by atoms with Crippen LogP contribution in [0.2, 0.25) is 18.1 Å². The summed E-state index contributed by atoms with van der Waals surface area (Å²) in [7, 11) is -5.36. The fourth-order valence-electron chi connectivity index (χ4n) is 1.38. The lowest BCUT2D eigenvalue weighted by Gasteiger charge is -2.35. The van der Waals surface area contributed by atoms with E-state index in [4.69, 9.17) is 13.3 Å². The summed E-state index contributed by atoms with van der Waals surface area (Å²) in [5.41, 5.74) is -0.363. The highest BCUT2D eigenvalue weighted by Crippen LogP contribution is 2.36. The predicted molar refractivity (Wildman–Crippen MR) is 101 cm³/mol. The van der Waals surface area contributed by atoms with Crippen LogP contribution in [-0.2, 0) is 23.5 Å². The van der Waals surface area contributed by atoms with Gasteiger partial charge in [-0.05, 0) is 38.9 Å². The van der Waals surface area contributed by atoms with Crippen LogP contribution in [0.5, 0.6) is 0 Å². The molecule has 0 aromatic rings. The summed E-state index contributed by atoms with van der Waals surface area (Å²) in [5.74, 6) is 5.91. The molecule has 0 aromatic carbocycles. The molecule has 0 rings (SSSR count). The fraction of sp³-hybridized carbons (Fsp3) is 0.882. The first-order valence-electron chi connectivity index (χ1n) is 8.15. The molecule has 5 nitrogen and oxygen atoms in total. The van der Waals surface area contributed by atoms with E-state index in [2.05, 4.69) is 45.7 Å². The number of rotatable bonds is 7. The average molecular weight is 379 g/mol. The van der Waals surface area contributed by atoms with E-state index in [1.807, 2.05) is 20.8 Å². The normalized spacial score (nSPS) is 14.9. The highest BCUT2D eigenvalue weighted by molar-refractivity contribution is 7.86. The summed E-state index contributed by atoms with van der Waals surface area (Å²) in [5, 5.41) is 0.136. The lowest BCUT2D eigenvalue weighted by atomic mass is 10.2. The van der Waals surface area contributed by atoms with Crippen LogP contribution < -0.4 is 0 Å². The number of hydrogen-bond acceptors (Lipinski definition) is 5. The van der Waals surface area contributed by atoms with Gasteiger partial charge in [-0.2, -0.15) is 8.42 Å². The first-order valence-corrected chi connectivity index (χ1v) is 12.9. The van der Waals surface area contributed by atoms with Crippen molar-refractivity contribution in [3.63, 3.8) is 0 Å². The molecule has 142 valence electrons. The van der Waals surface area contributed by atoms with Gasteiger partial charge in [-0.25, -0.2) is 0 Å². The van der Waals surface area contributed by atoms with E-state index in [9.17, 15) is 8.42 Å². The Balaban J connectivity index is 4.62. The fourth-order valence-corrected chi connectivity index (χ4v) is 2.86. The molecule has 0 aliphatic rings. The van der Waals surface area contributed by atoms with Crippen molar-refractivity contribution >= 4 is 18.4 Å². The molecule has 7 heteroatoms. The van der Waals surface area contributed by atoms with E-state index < -0.39 is 24.5 Å². The Kier molecular flexibility index (Phi) is 8.67. The SMILES string of the molecule is CC(C)(C)OCC(CC#CCO[Si](C)(C)C(C)(C)C)OS(C)(=O)=O. The third kappa shape index (κ3) is 11.2. The van der Waals surface area contributed by atoms with Gasteiger partial charge in [-0.3, -0.25) is 4.18 Å². The molecule has 0 aromatic heterocycles. The Morgan fingerprint density at radius 3 is 2.00 bits per heavy atom. The smallest absolute Gasteiger partial charge is 0.264 e. The molecule has 0 saturated heterocycles. The van der Waals surface area contributed by atoms with Crippen molar-refractivity contribution < 1.29 is 21.8 Å². The molecular formula is C17H34O5SSi. The molecule has 0 heterocycles. The second kappa shape index (κ2) is 8.81. The molecule has 24 heavy (non-hydrogen) atoms. The maximum Gasteiger partial charge on any atom is 0.264 e. The van der Waals surface area contributed by atoms with E-state index in [-0.39, 0.29) is 23.7 Å². The van der Waals surface area contributed by atoms with Gasteiger partial charge in [0.1, 0.15) is 6.10 Å². The maximum absolute atomic E-state index is 11.4. The Morgan fingerprint density at radius 1 is 1.04 bits per heavy atom. The van der Waals surface area contributed by atoms with Gasteiger partial charge in [-0.1, -0.05) is 32.6 Å². The summed E-state index contributed by atoms with van der Waals surface area (Å²) in [6.45, 7) is 17.1. The van der Waals surface area contributed by atoms with Crippen LogP contribution in [0.4, 0.5) is 0 Å². The highest BCUT2D eigenvalue weighted by Gasteiger charge is 2.36. The van der Waals surface area contributed by atoms with Gasteiger partial charge in [-0.15, -0.1) is 0 Å². The van der Waals surface area contributed by atoms with E-state index in [0.717, 1.165) is 6.26 Å². The van der Waals surface area contributed by atoms with E-state index in [1.165, 1.54) is 0 Å². The summed E-state index contributed by atoms with van der Waals surface area (Å²) in [6, 6.07) is 0. The molecule has 1 atom stereocenters. The van der Waals surface area contributed by atoms with Crippen LogP contribution >= 0.6 is 0 Å². The van der Waals surface area contributed by atoms with Crippen molar-refractivity contribution in [3.05, 3.63) is 0 Å². The van der Waals surface area contributed by atoms with Gasteiger partial charge in [0.25, 0.3) is 10.1 Å². The second-order valence-electron chi connectivity index (χ2n) is 8.45. The minimum absolute atomic E-state index is 0.136. The molecule has 0 saturated carbocycles. The summed E-state index contributed by atoms with van der Waals surface area (Å²) < 4.78 is 39.3. The molecular weight excluding hydrogens is 344 g/mol. The predicted octanol–water partition coefficient (Wildman–Crippen LogP) is 3.56. The summed E-state index contributed by atoms with van der Waals surface area (Å²) in [4.78, 5) is 0. The van der Waals surface area contributed by atoms with Crippen LogP contribution in [0.25, 0.3) is 0 Å². The molecule has 0 N–H and O–H groups in total. The first-order chi connectivity index (χ1) is 10.5. The Labute approximate surface area is 149 Å². The van der Waals surface area contributed by atoms with E-state index in [0.29, 0.717) is 6.61 Å². The minimum atomic E-state index is -3.55. The van der Waals surface area contributed by atoms with Crippen molar-refractivity contribution in [2.75, 3.05) is 19.5 Å². The van der Waals surface area contributed by atoms with Gasteiger partial charge < -0.3 is 9.16 Å². The molecule has 0 bridgehead atoms. The molecule has 1 unspecified atom stereocenters. The Bertz CT molecular complexity index is 544. The van der Waals surface area contributed by atoms with Gasteiger partial charge in [0.05, 0.1) is 25.1 Å². The Morgan fingerprint density at radius 2 is 1.58 bits per heavy atom. The molecule has 0 aliphatic heterocycles. The third-order valence-electron chi connectivity index (χ3n) is 3.78. The lowest BCUT2D eigenvalue weighted by Crippen LogP contribution is -2.40. The van der Waals surface area contributed by atoms with E-state index >= 15 is 0 Å². The van der Waals surface area contributed by atoms with Crippen molar-refractivity contribution in [1.29, 1.82) is 0 Å². The maximum atomic E-state index is 11.4. The average Bonchev–Trinajstić information content (AvgIpc) is 2.31. The van der Waals surface area contributed by atoms with E-state index in [1.54, 1.807) is 0 Å². The Hall–Kier alpha value is -0.393. The van der Waals surface area contributed by atoms with Gasteiger partial charge >= 0.3 is 0 Å². The summed E-state index contributed by atoms with van der Waals surface area (Å²) >= 11 is 0. The molecule has 0 aliphatic carbocycles. The van der Waals surface area contributed by atoms with Crippen LogP contribution in [0.3, 0.4) is 0 Å². The van der Waals surface area contributed by atoms with Crippen molar-refractivity contribution in [1.82, 2.24) is 0 Å². The van der Waals surface area contributed by atoms with Crippen molar-refractivity contribution in [2.45, 2.75) is 77.8 Å². The molecule has 0 fully saturated rings. The van der Waals surface area contributed by atoms with Gasteiger partial charge in [0.15, 0.2) is 8.32 Å². The van der Waals surface area contributed by atoms with Gasteiger partial charge in [0, 0.05) is 6.42 Å². The van der Waals surface area contributed by atoms with Crippen LogP contribution in [-0.4, -0.2) is 47.9 Å². The van der Waals surface area contributed by atoms with Crippen molar-refractivity contribution in [2.24, 2.45) is 0 Å². The zero-order valence-corrected chi connectivity index (χ0v) is 18.5. The third-order valence-corrected chi connectivity index (χ3v) is 8.88. The summed E-state index contributed by atoms with van der Waals surface area (Å²) in [6.07, 6.45) is 0.703. The van der Waals surface area contributed by atoms with Crippen molar-refractivity contribution in [3.8, 4) is 11.8 Å². The van der Waals surface area contributed by atoms with Gasteiger partial charge in [0.2, 0.25) is 0 Å². The topological polar surface area (TPSA) is 61.8 Å². The highest BCUT2D eigenvalue weighted by atomic mass is 32.2. The lowest BCUT2D eigenvalue weighted by molar-refractivity contribution is -0.0390. The molecule has 0 radical (unpaired) electrons. The largest absolute Gasteiger partial charge is 0.406 e. The number of ether oxygens (including phenoxy) is 1. The van der Waals surface area contributed by atoms with Crippen LogP contribution in [0, 0.1) is 11.8 Å². The quantitative estimate of drug-likeness (QED) is 0.385. The van der Waals surface area contributed by atoms with Crippen LogP contribution in [0.15, 0.2) is 0 Å². The minimum Gasteiger partial charge on any atom is -0.406 e. The second-order valence-corrected chi connectivity index (χ2v) is 14.9.